The Morgan fingerprint density at radius 2 is 1.80 bits per heavy atom. The second-order valence-corrected chi connectivity index (χ2v) is 6.38. The number of hydrogen-bond acceptors (Lipinski definition) is 2. The second-order valence-electron chi connectivity index (χ2n) is 5.30. The molecule has 1 aromatic heterocycles. The van der Waals surface area contributed by atoms with Crippen LogP contribution in [-0.2, 0) is 0 Å². The molecule has 0 saturated carbocycles. The summed E-state index contributed by atoms with van der Waals surface area (Å²) in [5.74, 6) is 0.202. The smallest absolute Gasteiger partial charge is 0.255 e. The van der Waals surface area contributed by atoms with E-state index in [2.05, 4.69) is 19.1 Å². The zero-order valence-electron chi connectivity index (χ0n) is 11.8. The van der Waals surface area contributed by atoms with Crippen molar-refractivity contribution in [2.75, 3.05) is 13.1 Å². The normalized spacial score (nSPS) is 15.3. The summed E-state index contributed by atoms with van der Waals surface area (Å²) in [6, 6.07) is 10.2. The van der Waals surface area contributed by atoms with Gasteiger partial charge < -0.3 is 4.90 Å². The van der Waals surface area contributed by atoms with E-state index >= 15 is 0 Å². The van der Waals surface area contributed by atoms with Gasteiger partial charge in [-0.2, -0.15) is 0 Å². The van der Waals surface area contributed by atoms with Crippen LogP contribution in [0.2, 0.25) is 0 Å². The minimum absolute atomic E-state index is 0.202. The molecule has 1 amide bonds. The first-order valence-corrected chi connectivity index (χ1v) is 8.08. The predicted molar refractivity (Wildman–Crippen MR) is 84.2 cm³/mol. The highest BCUT2D eigenvalue weighted by Crippen LogP contribution is 2.33. The van der Waals surface area contributed by atoms with E-state index in [1.165, 1.54) is 11.3 Å². The minimum Gasteiger partial charge on any atom is -0.339 e. The zero-order chi connectivity index (χ0) is 13.9. The van der Waals surface area contributed by atoms with Crippen LogP contribution in [0.3, 0.4) is 0 Å². The maximum absolute atomic E-state index is 12.7. The van der Waals surface area contributed by atoms with Gasteiger partial charge >= 0.3 is 0 Å². The molecule has 2 nitrogen and oxygen atoms in total. The van der Waals surface area contributed by atoms with Gasteiger partial charge in [0.1, 0.15) is 0 Å². The number of carbonyl (C=O) groups excluding carboxylic acids is 1. The molecule has 0 aliphatic carbocycles. The number of thiophene rings is 1. The van der Waals surface area contributed by atoms with Crippen molar-refractivity contribution in [3.63, 3.8) is 0 Å². The minimum atomic E-state index is 0.202. The highest BCUT2D eigenvalue weighted by molar-refractivity contribution is 7.10. The van der Waals surface area contributed by atoms with Gasteiger partial charge in [0.15, 0.2) is 0 Å². The van der Waals surface area contributed by atoms with Crippen molar-refractivity contribution in [1.82, 2.24) is 4.90 Å². The van der Waals surface area contributed by atoms with Gasteiger partial charge in [-0.1, -0.05) is 30.3 Å². The molecular formula is C17H19NOS. The Labute approximate surface area is 124 Å². The van der Waals surface area contributed by atoms with Gasteiger partial charge in [0.05, 0.1) is 5.56 Å². The van der Waals surface area contributed by atoms with Crippen LogP contribution in [0.4, 0.5) is 0 Å². The lowest BCUT2D eigenvalue weighted by molar-refractivity contribution is 0.0725. The second kappa shape index (κ2) is 5.80. The number of nitrogens with zero attached hydrogens (tertiary/aromatic N) is 1. The first-order valence-electron chi connectivity index (χ1n) is 7.20. The molecule has 1 aliphatic heterocycles. The van der Waals surface area contributed by atoms with Crippen molar-refractivity contribution in [2.45, 2.75) is 26.2 Å². The Morgan fingerprint density at radius 3 is 2.50 bits per heavy atom. The molecule has 0 N–H and O–H groups in total. The van der Waals surface area contributed by atoms with Crippen LogP contribution in [0, 0.1) is 6.92 Å². The molecule has 104 valence electrons. The van der Waals surface area contributed by atoms with E-state index in [0.717, 1.165) is 42.6 Å². The lowest BCUT2D eigenvalue weighted by atomic mass is 10.0. The summed E-state index contributed by atoms with van der Waals surface area (Å²) in [5.41, 5.74) is 3.14. The van der Waals surface area contributed by atoms with Crippen molar-refractivity contribution in [1.29, 1.82) is 0 Å². The molecule has 0 radical (unpaired) electrons. The van der Waals surface area contributed by atoms with Gasteiger partial charge in [0.2, 0.25) is 0 Å². The Kier molecular flexibility index (Phi) is 3.88. The van der Waals surface area contributed by atoms with E-state index in [1.54, 1.807) is 11.3 Å². The molecule has 1 aromatic carbocycles. The first-order chi connectivity index (χ1) is 9.77. The maximum Gasteiger partial charge on any atom is 0.255 e. The van der Waals surface area contributed by atoms with Gasteiger partial charge in [0, 0.05) is 28.9 Å². The fourth-order valence-electron chi connectivity index (χ4n) is 2.84. The van der Waals surface area contributed by atoms with Gasteiger partial charge in [-0.25, -0.2) is 0 Å². The standard InChI is InChI=1S/C17H19NOS/c1-13-16(14-8-4-2-5-9-14)15(12-20-13)17(19)18-10-6-3-7-11-18/h2,4-5,8-9,12H,3,6-7,10-11H2,1H3. The van der Waals surface area contributed by atoms with Gasteiger partial charge in [-0.15, -0.1) is 11.3 Å². The Morgan fingerprint density at radius 1 is 1.10 bits per heavy atom. The molecule has 2 heterocycles. The number of rotatable bonds is 2. The number of likely N-dealkylation sites (tertiary alicyclic amines) is 1. The average Bonchev–Trinajstić information content (AvgIpc) is 2.90. The molecule has 0 bridgehead atoms. The van der Waals surface area contributed by atoms with Gasteiger partial charge in [-0.05, 0) is 31.7 Å². The summed E-state index contributed by atoms with van der Waals surface area (Å²) >= 11 is 1.67. The van der Waals surface area contributed by atoms with Crippen molar-refractivity contribution < 1.29 is 4.79 Å². The molecule has 1 saturated heterocycles. The summed E-state index contributed by atoms with van der Waals surface area (Å²) in [6.07, 6.45) is 3.52. The molecule has 0 unspecified atom stereocenters. The van der Waals surface area contributed by atoms with E-state index in [9.17, 15) is 4.79 Å². The number of hydrogen-bond donors (Lipinski definition) is 0. The van der Waals surface area contributed by atoms with Crippen molar-refractivity contribution in [3.8, 4) is 11.1 Å². The van der Waals surface area contributed by atoms with E-state index in [-0.39, 0.29) is 5.91 Å². The van der Waals surface area contributed by atoms with Crippen LogP contribution in [0.25, 0.3) is 11.1 Å². The number of piperidine rings is 1. The van der Waals surface area contributed by atoms with Gasteiger partial charge in [0.25, 0.3) is 5.91 Å². The van der Waals surface area contributed by atoms with Crippen molar-refractivity contribution in [3.05, 3.63) is 46.2 Å². The van der Waals surface area contributed by atoms with Crippen molar-refractivity contribution in [2.24, 2.45) is 0 Å². The molecule has 1 fully saturated rings. The molecular weight excluding hydrogens is 266 g/mol. The first kappa shape index (κ1) is 13.4. The monoisotopic (exact) mass is 285 g/mol. The molecule has 3 rings (SSSR count). The third-order valence-electron chi connectivity index (χ3n) is 3.91. The van der Waals surface area contributed by atoms with Gasteiger partial charge in [-0.3, -0.25) is 4.79 Å². The molecule has 0 atom stereocenters. The Hall–Kier alpha value is -1.61. The van der Waals surface area contributed by atoms with Crippen LogP contribution in [0.5, 0.6) is 0 Å². The van der Waals surface area contributed by atoms with Crippen LogP contribution in [0.15, 0.2) is 35.7 Å². The quantitative estimate of drug-likeness (QED) is 0.803. The Balaban J connectivity index is 1.96. The topological polar surface area (TPSA) is 20.3 Å². The highest BCUT2D eigenvalue weighted by Gasteiger charge is 2.23. The zero-order valence-corrected chi connectivity index (χ0v) is 12.6. The van der Waals surface area contributed by atoms with E-state index in [0.29, 0.717) is 0 Å². The predicted octanol–water partition coefficient (Wildman–Crippen LogP) is 4.35. The molecule has 20 heavy (non-hydrogen) atoms. The summed E-state index contributed by atoms with van der Waals surface area (Å²) < 4.78 is 0. The molecule has 1 aliphatic rings. The third kappa shape index (κ3) is 2.50. The molecule has 0 spiro atoms. The molecule has 2 aromatic rings. The summed E-state index contributed by atoms with van der Waals surface area (Å²) in [6.45, 7) is 3.91. The lowest BCUT2D eigenvalue weighted by Gasteiger charge is -2.27. The summed E-state index contributed by atoms with van der Waals surface area (Å²) in [7, 11) is 0. The SMILES string of the molecule is Cc1scc(C(=O)N2CCCCC2)c1-c1ccccc1. The maximum atomic E-state index is 12.7. The lowest BCUT2D eigenvalue weighted by Crippen LogP contribution is -2.35. The number of carbonyl (C=O) groups is 1. The van der Waals surface area contributed by atoms with E-state index in [4.69, 9.17) is 0 Å². The number of benzene rings is 1. The Bertz CT molecular complexity index is 597. The van der Waals surface area contributed by atoms with Crippen LogP contribution < -0.4 is 0 Å². The van der Waals surface area contributed by atoms with Crippen LogP contribution in [0.1, 0.15) is 34.5 Å². The highest BCUT2D eigenvalue weighted by atomic mass is 32.1. The van der Waals surface area contributed by atoms with E-state index < -0.39 is 0 Å². The summed E-state index contributed by atoms with van der Waals surface area (Å²) in [4.78, 5) is 16.0. The average molecular weight is 285 g/mol. The van der Waals surface area contributed by atoms with E-state index in [1.807, 2.05) is 28.5 Å². The number of amides is 1. The summed E-state index contributed by atoms with van der Waals surface area (Å²) in [5, 5.41) is 2.02. The van der Waals surface area contributed by atoms with Crippen LogP contribution in [-0.4, -0.2) is 23.9 Å². The number of aryl methyl sites for hydroxylation is 1. The van der Waals surface area contributed by atoms with Crippen LogP contribution >= 0.6 is 11.3 Å². The third-order valence-corrected chi connectivity index (χ3v) is 4.82. The fraction of sp³-hybridized carbons (Fsp3) is 0.353. The van der Waals surface area contributed by atoms with Crippen molar-refractivity contribution >= 4 is 17.2 Å². The molecule has 3 heteroatoms. The fourth-order valence-corrected chi connectivity index (χ4v) is 3.70. The largest absolute Gasteiger partial charge is 0.339 e.